The summed E-state index contributed by atoms with van der Waals surface area (Å²) in [6.45, 7) is 16.4. The molecule has 0 bridgehead atoms. The van der Waals surface area contributed by atoms with E-state index in [1.165, 1.54) is 96.3 Å². The Balaban J connectivity index is 2.04. The Morgan fingerprint density at radius 2 is 1.05 bits per heavy atom. The Bertz CT molecular complexity index is 780. The van der Waals surface area contributed by atoms with E-state index >= 15 is 0 Å². The van der Waals surface area contributed by atoms with Crippen molar-refractivity contribution in [3.05, 3.63) is 28.8 Å². The van der Waals surface area contributed by atoms with Gasteiger partial charge in [0.25, 0.3) is 0 Å². The van der Waals surface area contributed by atoms with Crippen molar-refractivity contribution in [3.63, 3.8) is 0 Å². The van der Waals surface area contributed by atoms with E-state index in [0.717, 1.165) is 29.7 Å². The van der Waals surface area contributed by atoms with E-state index in [9.17, 15) is 9.90 Å². The second-order valence-corrected chi connectivity index (χ2v) is 14.2. The summed E-state index contributed by atoms with van der Waals surface area (Å²) < 4.78 is 11.1. The lowest BCUT2D eigenvalue weighted by molar-refractivity contribution is -0.145. The minimum atomic E-state index is -0.196. The van der Waals surface area contributed by atoms with Gasteiger partial charge in [0.2, 0.25) is 0 Å². The number of carbonyl (C=O) groups is 1. The van der Waals surface area contributed by atoms with Gasteiger partial charge in [0.05, 0.1) is 6.61 Å². The van der Waals surface area contributed by atoms with Gasteiger partial charge in [-0.05, 0) is 40.4 Å². The molecular weight excluding hydrogens is 508 g/mol. The number of phenols is 1. The molecule has 0 aliphatic heterocycles. The number of esters is 1. The number of benzene rings is 1. The molecule has 1 rings (SSSR count). The van der Waals surface area contributed by atoms with Crippen LogP contribution in [0, 0.1) is 0 Å². The number of phenolic OH excluding ortho intramolecular Hbond substituents is 1. The number of hydrogen-bond acceptors (Lipinski definition) is 4. The molecule has 0 aliphatic rings. The summed E-state index contributed by atoms with van der Waals surface area (Å²) in [6, 6.07) is 4.08. The summed E-state index contributed by atoms with van der Waals surface area (Å²) in [6.07, 6.45) is 22.8. The molecule has 4 heteroatoms. The first-order valence-corrected chi connectivity index (χ1v) is 17.1. The first kappa shape index (κ1) is 37.5. The summed E-state index contributed by atoms with van der Waals surface area (Å²) in [7, 11) is 0. The quantitative estimate of drug-likeness (QED) is 0.104. The van der Waals surface area contributed by atoms with Crippen molar-refractivity contribution in [2.75, 3.05) is 19.8 Å². The molecule has 0 amide bonds. The van der Waals surface area contributed by atoms with Crippen LogP contribution in [0.15, 0.2) is 12.1 Å². The SMILES string of the molecule is CCCCCCCCCCCCCCCCCCOCCOC(=O)CCc1cc(C(C)(C)C)c(O)c(C(C)(C)C)c1. The molecular formula is C37H66O4. The summed E-state index contributed by atoms with van der Waals surface area (Å²) in [5, 5.41) is 10.9. The lowest BCUT2D eigenvalue weighted by Gasteiger charge is -2.28. The zero-order valence-corrected chi connectivity index (χ0v) is 28.2. The van der Waals surface area contributed by atoms with Crippen LogP contribution in [0.4, 0.5) is 0 Å². The highest BCUT2D eigenvalue weighted by molar-refractivity contribution is 5.69. The molecule has 1 N–H and O–H groups in total. The monoisotopic (exact) mass is 574 g/mol. The number of carbonyl (C=O) groups excluding carboxylic acids is 1. The molecule has 4 nitrogen and oxygen atoms in total. The minimum absolute atomic E-state index is 0.176. The standard InChI is InChI=1S/C37H66O4/c1-8-9-10-11-12-13-14-15-16-17-18-19-20-21-22-23-26-40-27-28-41-34(38)25-24-31-29-32(36(2,3)4)35(39)33(30-31)37(5,6)7/h29-30,39H,8-28H2,1-7H3. The van der Waals surface area contributed by atoms with Crippen molar-refractivity contribution >= 4 is 5.97 Å². The Hall–Kier alpha value is -1.55. The Labute approximate surface area is 254 Å². The normalized spacial score (nSPS) is 12.2. The highest BCUT2D eigenvalue weighted by Crippen LogP contribution is 2.40. The molecule has 1 aromatic rings. The van der Waals surface area contributed by atoms with Crippen LogP contribution in [0.5, 0.6) is 5.75 Å². The fourth-order valence-corrected chi connectivity index (χ4v) is 5.37. The Morgan fingerprint density at radius 1 is 0.634 bits per heavy atom. The maximum absolute atomic E-state index is 12.3. The molecule has 41 heavy (non-hydrogen) atoms. The maximum Gasteiger partial charge on any atom is 0.306 e. The molecule has 0 saturated carbocycles. The summed E-state index contributed by atoms with van der Waals surface area (Å²) in [5.74, 6) is 0.177. The predicted octanol–water partition coefficient (Wildman–Crippen LogP) is 10.7. The highest BCUT2D eigenvalue weighted by atomic mass is 16.6. The third kappa shape index (κ3) is 17.9. The van der Waals surface area contributed by atoms with Crippen LogP contribution in [0.25, 0.3) is 0 Å². The number of ether oxygens (including phenoxy) is 2. The average Bonchev–Trinajstić information content (AvgIpc) is 2.90. The third-order valence-corrected chi connectivity index (χ3v) is 8.04. The van der Waals surface area contributed by atoms with Gasteiger partial charge in [-0.2, -0.15) is 0 Å². The van der Waals surface area contributed by atoms with Crippen LogP contribution >= 0.6 is 0 Å². The average molecular weight is 575 g/mol. The van der Waals surface area contributed by atoms with E-state index in [-0.39, 0.29) is 16.8 Å². The van der Waals surface area contributed by atoms with Crippen LogP contribution in [-0.2, 0) is 31.5 Å². The number of hydrogen-bond donors (Lipinski definition) is 1. The van der Waals surface area contributed by atoms with Gasteiger partial charge in [0, 0.05) is 13.0 Å². The lowest BCUT2D eigenvalue weighted by atomic mass is 9.78. The van der Waals surface area contributed by atoms with Crippen molar-refractivity contribution in [2.45, 2.75) is 175 Å². The predicted molar refractivity (Wildman–Crippen MR) is 175 cm³/mol. The van der Waals surface area contributed by atoms with Crippen LogP contribution < -0.4 is 0 Å². The van der Waals surface area contributed by atoms with Crippen molar-refractivity contribution in [3.8, 4) is 5.75 Å². The number of unbranched alkanes of at least 4 members (excludes halogenated alkanes) is 15. The fraction of sp³-hybridized carbons (Fsp3) is 0.811. The van der Waals surface area contributed by atoms with Gasteiger partial charge in [-0.15, -0.1) is 0 Å². The molecule has 0 heterocycles. The summed E-state index contributed by atoms with van der Waals surface area (Å²) in [4.78, 5) is 12.3. The molecule has 0 fully saturated rings. The van der Waals surface area contributed by atoms with Crippen LogP contribution in [0.1, 0.15) is 174 Å². The van der Waals surface area contributed by atoms with E-state index in [1.54, 1.807) is 0 Å². The fourth-order valence-electron chi connectivity index (χ4n) is 5.37. The molecule has 0 atom stereocenters. The van der Waals surface area contributed by atoms with Gasteiger partial charge >= 0.3 is 5.97 Å². The molecule has 238 valence electrons. The second-order valence-electron chi connectivity index (χ2n) is 14.2. The molecule has 0 radical (unpaired) electrons. The van der Waals surface area contributed by atoms with Gasteiger partial charge in [0.15, 0.2) is 0 Å². The van der Waals surface area contributed by atoms with Crippen molar-refractivity contribution < 1.29 is 19.4 Å². The van der Waals surface area contributed by atoms with Gasteiger partial charge in [-0.1, -0.05) is 157 Å². The summed E-state index contributed by atoms with van der Waals surface area (Å²) in [5.41, 5.74) is 2.57. The number of aryl methyl sites for hydroxylation is 1. The summed E-state index contributed by atoms with van der Waals surface area (Å²) >= 11 is 0. The number of aromatic hydroxyl groups is 1. The Morgan fingerprint density at radius 3 is 1.46 bits per heavy atom. The van der Waals surface area contributed by atoms with Crippen LogP contribution in [0.3, 0.4) is 0 Å². The van der Waals surface area contributed by atoms with Gasteiger partial charge < -0.3 is 14.6 Å². The van der Waals surface area contributed by atoms with E-state index in [2.05, 4.69) is 48.5 Å². The first-order valence-electron chi connectivity index (χ1n) is 17.1. The maximum atomic E-state index is 12.3. The smallest absolute Gasteiger partial charge is 0.306 e. The molecule has 0 saturated heterocycles. The molecule has 0 spiro atoms. The van der Waals surface area contributed by atoms with E-state index in [4.69, 9.17) is 9.47 Å². The second kappa shape index (κ2) is 21.2. The highest BCUT2D eigenvalue weighted by Gasteiger charge is 2.26. The topological polar surface area (TPSA) is 55.8 Å². The molecule has 0 aromatic heterocycles. The lowest BCUT2D eigenvalue weighted by Crippen LogP contribution is -2.18. The first-order chi connectivity index (χ1) is 19.5. The zero-order valence-electron chi connectivity index (χ0n) is 28.2. The van der Waals surface area contributed by atoms with Crippen LogP contribution in [0.2, 0.25) is 0 Å². The third-order valence-electron chi connectivity index (χ3n) is 8.04. The van der Waals surface area contributed by atoms with Crippen molar-refractivity contribution in [1.29, 1.82) is 0 Å². The van der Waals surface area contributed by atoms with Crippen molar-refractivity contribution in [1.82, 2.24) is 0 Å². The minimum Gasteiger partial charge on any atom is -0.507 e. The zero-order chi connectivity index (χ0) is 30.6. The van der Waals surface area contributed by atoms with Gasteiger partial charge in [-0.3, -0.25) is 4.79 Å². The van der Waals surface area contributed by atoms with Gasteiger partial charge in [-0.25, -0.2) is 0 Å². The van der Waals surface area contributed by atoms with Gasteiger partial charge in [0.1, 0.15) is 12.4 Å². The van der Waals surface area contributed by atoms with E-state index in [0.29, 0.717) is 31.8 Å². The molecule has 0 aliphatic carbocycles. The van der Waals surface area contributed by atoms with E-state index < -0.39 is 0 Å². The molecule has 0 unspecified atom stereocenters. The molecule has 1 aromatic carbocycles. The van der Waals surface area contributed by atoms with E-state index in [1.807, 2.05) is 12.1 Å². The van der Waals surface area contributed by atoms with Crippen molar-refractivity contribution in [2.24, 2.45) is 0 Å². The number of rotatable bonds is 23. The van der Waals surface area contributed by atoms with Crippen LogP contribution in [-0.4, -0.2) is 30.9 Å². The Kier molecular flexibility index (Phi) is 19.4. The largest absolute Gasteiger partial charge is 0.507 e.